The van der Waals surface area contributed by atoms with Crippen LogP contribution in [0.2, 0.25) is 0 Å². The van der Waals surface area contributed by atoms with Gasteiger partial charge in [-0.15, -0.1) is 0 Å². The first-order chi connectivity index (χ1) is 5.22. The minimum atomic E-state index is -0.865. The molecule has 2 nitrogen and oxygen atoms in total. The number of benzene rings is 1. The third kappa shape index (κ3) is 2.05. The van der Waals surface area contributed by atoms with E-state index >= 15 is 0 Å². The maximum absolute atomic E-state index is 10.5. The van der Waals surface area contributed by atoms with Crippen molar-refractivity contribution >= 4 is 21.9 Å². The molecule has 0 bridgehead atoms. The molecule has 3 heteroatoms. The summed E-state index contributed by atoms with van der Waals surface area (Å²) in [7, 11) is 0. The molecule has 1 N–H and O–H groups in total. The van der Waals surface area contributed by atoms with Gasteiger partial charge in [-0.25, -0.2) is 0 Å². The molecule has 0 aromatic heterocycles. The van der Waals surface area contributed by atoms with Gasteiger partial charge in [0.05, 0.1) is 0 Å². The van der Waals surface area contributed by atoms with Crippen LogP contribution in [0, 0.1) is 0 Å². The molecule has 0 saturated heterocycles. The zero-order valence-electron chi connectivity index (χ0n) is 5.70. The summed E-state index contributed by atoms with van der Waals surface area (Å²) in [5.74, 6) is -0.865. The Morgan fingerprint density at radius 2 is 1.91 bits per heavy atom. The van der Waals surface area contributed by atoms with Gasteiger partial charge in [-0.3, -0.25) is 4.79 Å². The van der Waals surface area contributed by atoms with E-state index in [1.54, 1.807) is 12.1 Å². The lowest BCUT2D eigenvalue weighted by atomic mass is 10.2. The predicted octanol–water partition coefficient (Wildman–Crippen LogP) is 2.21. The van der Waals surface area contributed by atoms with E-state index in [9.17, 15) is 4.79 Å². The maximum Gasteiger partial charge on any atom is 0.321 e. The molecule has 0 radical (unpaired) electrons. The lowest BCUT2D eigenvalue weighted by Gasteiger charge is -2.02. The minimum absolute atomic E-state index is 0.594. The van der Waals surface area contributed by atoms with Crippen LogP contribution in [0.1, 0.15) is 10.4 Å². The fourth-order valence-electron chi connectivity index (χ4n) is 0.765. The Balaban J connectivity index is 2.85. The molecule has 0 unspecified atom stereocenters. The van der Waals surface area contributed by atoms with E-state index in [-0.39, 0.29) is 0 Å². The van der Waals surface area contributed by atoms with Crippen molar-refractivity contribution in [3.8, 4) is 0 Å². The number of hydrogen-bond acceptors (Lipinski definition) is 1. The van der Waals surface area contributed by atoms with Crippen LogP contribution in [0.15, 0.2) is 30.3 Å². The van der Waals surface area contributed by atoms with E-state index in [0.29, 0.717) is 0 Å². The summed E-state index contributed by atoms with van der Waals surface area (Å²) in [4.78, 5) is 9.86. The van der Waals surface area contributed by atoms with Crippen LogP contribution in [0.3, 0.4) is 0 Å². The molecule has 0 aliphatic rings. The molecule has 0 aliphatic heterocycles. The Labute approximate surface area is 73.0 Å². The van der Waals surface area contributed by atoms with Gasteiger partial charge in [-0.05, 0) is 5.56 Å². The standard InChI is InChI=1S/C8H7BrO2/c9-7(8(10)11)6-4-2-1-3-5-6/h1-5,7H,(H,10,11)/t7-/m0/s1. The molecule has 0 aliphatic carbocycles. The predicted molar refractivity (Wildman–Crippen MR) is 45.7 cm³/mol. The highest BCUT2D eigenvalue weighted by molar-refractivity contribution is 9.09. The van der Waals surface area contributed by atoms with Gasteiger partial charge in [0.1, 0.15) is 4.83 Å². The normalized spacial score (nSPS) is 12.5. The molecule has 11 heavy (non-hydrogen) atoms. The largest absolute Gasteiger partial charge is 0.480 e. The van der Waals surface area contributed by atoms with Gasteiger partial charge in [-0.2, -0.15) is 0 Å². The van der Waals surface area contributed by atoms with Gasteiger partial charge < -0.3 is 5.11 Å². The average molecular weight is 215 g/mol. The Kier molecular flexibility index (Phi) is 2.65. The molecule has 0 heterocycles. The lowest BCUT2D eigenvalue weighted by Crippen LogP contribution is -2.03. The third-order valence-electron chi connectivity index (χ3n) is 1.31. The molecular weight excluding hydrogens is 208 g/mol. The Hall–Kier alpha value is -0.830. The van der Waals surface area contributed by atoms with Gasteiger partial charge in [0.2, 0.25) is 0 Å². The minimum Gasteiger partial charge on any atom is -0.480 e. The van der Waals surface area contributed by atoms with Crippen LogP contribution in [0.5, 0.6) is 0 Å². The Morgan fingerprint density at radius 1 is 1.36 bits per heavy atom. The first-order valence-electron chi connectivity index (χ1n) is 3.13. The number of aliphatic carboxylic acids is 1. The van der Waals surface area contributed by atoms with Crippen molar-refractivity contribution in [3.05, 3.63) is 35.9 Å². The molecule has 1 atom stereocenters. The fourth-order valence-corrected chi connectivity index (χ4v) is 1.07. The number of carbonyl (C=O) groups is 1. The topological polar surface area (TPSA) is 37.3 Å². The van der Waals surface area contributed by atoms with Crippen molar-refractivity contribution in [2.75, 3.05) is 0 Å². The summed E-state index contributed by atoms with van der Waals surface area (Å²) >= 11 is 3.05. The van der Waals surface area contributed by atoms with Gasteiger partial charge in [0, 0.05) is 0 Å². The van der Waals surface area contributed by atoms with Crippen LogP contribution in [-0.4, -0.2) is 11.1 Å². The van der Waals surface area contributed by atoms with E-state index in [0.717, 1.165) is 5.56 Å². The SMILES string of the molecule is O=C(O)[C@@H](Br)c1ccccc1. The third-order valence-corrected chi connectivity index (χ3v) is 2.23. The lowest BCUT2D eigenvalue weighted by molar-refractivity contribution is -0.136. The highest BCUT2D eigenvalue weighted by atomic mass is 79.9. The number of halogens is 1. The van der Waals surface area contributed by atoms with E-state index in [1.807, 2.05) is 18.2 Å². The van der Waals surface area contributed by atoms with Gasteiger partial charge >= 0.3 is 5.97 Å². The summed E-state index contributed by atoms with van der Waals surface area (Å²) < 4.78 is 0. The molecule has 1 rings (SSSR count). The van der Waals surface area contributed by atoms with Crippen LogP contribution in [-0.2, 0) is 4.79 Å². The first-order valence-corrected chi connectivity index (χ1v) is 4.05. The average Bonchev–Trinajstić information content (AvgIpc) is 2.05. The van der Waals surface area contributed by atoms with Crippen molar-refractivity contribution in [2.24, 2.45) is 0 Å². The number of rotatable bonds is 2. The van der Waals surface area contributed by atoms with Crippen molar-refractivity contribution in [3.63, 3.8) is 0 Å². The van der Waals surface area contributed by atoms with E-state index in [2.05, 4.69) is 15.9 Å². The van der Waals surface area contributed by atoms with Crippen LogP contribution >= 0.6 is 15.9 Å². The molecule has 58 valence electrons. The van der Waals surface area contributed by atoms with Gasteiger partial charge in [0.15, 0.2) is 0 Å². The van der Waals surface area contributed by atoms with Gasteiger partial charge in [0.25, 0.3) is 0 Å². The van der Waals surface area contributed by atoms with Crippen molar-refractivity contribution in [1.29, 1.82) is 0 Å². The van der Waals surface area contributed by atoms with Crippen LogP contribution in [0.4, 0.5) is 0 Å². The molecule has 1 aromatic carbocycles. The second-order valence-corrected chi connectivity index (χ2v) is 3.03. The van der Waals surface area contributed by atoms with Crippen molar-refractivity contribution in [1.82, 2.24) is 0 Å². The van der Waals surface area contributed by atoms with Crippen LogP contribution < -0.4 is 0 Å². The second kappa shape index (κ2) is 3.53. The van der Waals surface area contributed by atoms with Crippen molar-refractivity contribution < 1.29 is 9.90 Å². The smallest absolute Gasteiger partial charge is 0.321 e. The molecule has 0 fully saturated rings. The Morgan fingerprint density at radius 3 is 2.36 bits per heavy atom. The second-order valence-electron chi connectivity index (χ2n) is 2.11. The number of carboxylic acid groups (broad SMARTS) is 1. The number of alkyl halides is 1. The molecule has 0 amide bonds. The fraction of sp³-hybridized carbons (Fsp3) is 0.125. The summed E-state index contributed by atoms with van der Waals surface area (Å²) in [5, 5.41) is 8.59. The zero-order valence-corrected chi connectivity index (χ0v) is 7.28. The summed E-state index contributed by atoms with van der Waals surface area (Å²) in [6, 6.07) is 9.02. The van der Waals surface area contributed by atoms with E-state index in [4.69, 9.17) is 5.11 Å². The van der Waals surface area contributed by atoms with E-state index in [1.165, 1.54) is 0 Å². The monoisotopic (exact) mass is 214 g/mol. The highest BCUT2D eigenvalue weighted by Crippen LogP contribution is 2.21. The number of hydrogen-bond donors (Lipinski definition) is 1. The zero-order chi connectivity index (χ0) is 8.27. The van der Waals surface area contributed by atoms with Crippen molar-refractivity contribution in [2.45, 2.75) is 4.83 Å². The summed E-state index contributed by atoms with van der Waals surface area (Å²) in [6.07, 6.45) is 0. The quantitative estimate of drug-likeness (QED) is 0.768. The van der Waals surface area contributed by atoms with Crippen LogP contribution in [0.25, 0.3) is 0 Å². The number of carboxylic acids is 1. The first kappa shape index (κ1) is 8.27. The molecular formula is C8H7BrO2. The Bertz CT molecular complexity index is 246. The molecule has 1 aromatic rings. The highest BCUT2D eigenvalue weighted by Gasteiger charge is 2.13. The van der Waals surface area contributed by atoms with E-state index < -0.39 is 10.8 Å². The molecule has 0 spiro atoms. The summed E-state index contributed by atoms with van der Waals surface area (Å²) in [5.41, 5.74) is 0.764. The summed E-state index contributed by atoms with van der Waals surface area (Å²) in [6.45, 7) is 0. The van der Waals surface area contributed by atoms with Gasteiger partial charge in [-0.1, -0.05) is 46.3 Å². The molecule has 0 saturated carbocycles. The maximum atomic E-state index is 10.5.